The molecule has 5 heteroatoms. The van der Waals surface area contributed by atoms with Gasteiger partial charge in [-0.1, -0.05) is 19.1 Å². The van der Waals surface area contributed by atoms with Gasteiger partial charge in [0.05, 0.1) is 12.2 Å². The molecule has 1 saturated heterocycles. The van der Waals surface area contributed by atoms with Crippen LogP contribution in [-0.4, -0.2) is 28.5 Å². The molecule has 0 saturated carbocycles. The summed E-state index contributed by atoms with van der Waals surface area (Å²) in [5, 5.41) is 6.29. The molecule has 0 aliphatic carbocycles. The summed E-state index contributed by atoms with van der Waals surface area (Å²) in [6.07, 6.45) is 5.48. The fraction of sp³-hybridized carbons (Fsp3) is 0.375. The molecule has 2 heterocycles. The number of aromatic nitrogens is 2. The van der Waals surface area contributed by atoms with Crippen molar-refractivity contribution in [1.29, 1.82) is 0 Å². The molecule has 1 amide bonds. The van der Waals surface area contributed by atoms with Gasteiger partial charge < -0.3 is 15.2 Å². The van der Waals surface area contributed by atoms with E-state index in [9.17, 15) is 4.79 Å². The van der Waals surface area contributed by atoms with Crippen molar-refractivity contribution >= 4 is 11.6 Å². The van der Waals surface area contributed by atoms with Crippen molar-refractivity contribution in [3.63, 3.8) is 0 Å². The number of amides is 1. The van der Waals surface area contributed by atoms with E-state index in [0.29, 0.717) is 5.92 Å². The van der Waals surface area contributed by atoms with Gasteiger partial charge in [0.1, 0.15) is 0 Å². The zero-order chi connectivity index (χ0) is 14.7. The van der Waals surface area contributed by atoms with E-state index in [1.807, 2.05) is 29.0 Å². The van der Waals surface area contributed by atoms with Crippen LogP contribution in [0.2, 0.25) is 0 Å². The Bertz CT molecular complexity index is 608. The Hall–Kier alpha value is -2.14. The Morgan fingerprint density at radius 1 is 1.48 bits per heavy atom. The summed E-state index contributed by atoms with van der Waals surface area (Å²) in [6.45, 7) is 4.55. The van der Waals surface area contributed by atoms with Crippen LogP contribution in [0.5, 0.6) is 0 Å². The lowest BCUT2D eigenvalue weighted by atomic mass is 9.97. The molecule has 21 heavy (non-hydrogen) atoms. The summed E-state index contributed by atoms with van der Waals surface area (Å²) in [7, 11) is 0. The van der Waals surface area contributed by atoms with Crippen LogP contribution < -0.4 is 10.6 Å². The molecule has 2 atom stereocenters. The van der Waals surface area contributed by atoms with Gasteiger partial charge in [0.2, 0.25) is 5.91 Å². The highest BCUT2D eigenvalue weighted by atomic mass is 16.1. The molecule has 1 aliphatic rings. The predicted molar refractivity (Wildman–Crippen MR) is 81.9 cm³/mol. The van der Waals surface area contributed by atoms with E-state index >= 15 is 0 Å². The molecular formula is C16H20N4O. The number of benzene rings is 1. The summed E-state index contributed by atoms with van der Waals surface area (Å²) < 4.78 is 2.00. The van der Waals surface area contributed by atoms with E-state index < -0.39 is 0 Å². The standard InChI is InChI=1S/C16H20N4O/c1-12-8-18-9-15(12)16(21)19-14-4-2-3-13(7-14)10-20-6-5-17-11-20/h2-7,11-12,15,18H,8-10H2,1H3,(H,19,21)/t12-,15-/m1/s1. The lowest BCUT2D eigenvalue weighted by molar-refractivity contribution is -0.120. The lowest BCUT2D eigenvalue weighted by Crippen LogP contribution is -2.27. The highest BCUT2D eigenvalue weighted by Gasteiger charge is 2.29. The van der Waals surface area contributed by atoms with Gasteiger partial charge in [0.15, 0.2) is 0 Å². The van der Waals surface area contributed by atoms with Crippen LogP contribution in [0.3, 0.4) is 0 Å². The maximum absolute atomic E-state index is 12.3. The van der Waals surface area contributed by atoms with Gasteiger partial charge in [-0.05, 0) is 30.2 Å². The number of nitrogens with zero attached hydrogens (tertiary/aromatic N) is 2. The highest BCUT2D eigenvalue weighted by molar-refractivity contribution is 5.93. The Kier molecular flexibility index (Phi) is 4.01. The number of hydrogen-bond acceptors (Lipinski definition) is 3. The minimum absolute atomic E-state index is 0.0577. The van der Waals surface area contributed by atoms with Crippen molar-refractivity contribution in [2.45, 2.75) is 13.5 Å². The van der Waals surface area contributed by atoms with Crippen LogP contribution >= 0.6 is 0 Å². The largest absolute Gasteiger partial charge is 0.333 e. The smallest absolute Gasteiger partial charge is 0.229 e. The second-order valence-electron chi connectivity index (χ2n) is 5.67. The first-order valence-corrected chi connectivity index (χ1v) is 7.28. The van der Waals surface area contributed by atoms with Crippen LogP contribution in [0.4, 0.5) is 5.69 Å². The fourth-order valence-corrected chi connectivity index (χ4v) is 2.73. The summed E-state index contributed by atoms with van der Waals surface area (Å²) in [5.74, 6) is 0.550. The second-order valence-corrected chi connectivity index (χ2v) is 5.67. The Morgan fingerprint density at radius 2 is 2.38 bits per heavy atom. The Morgan fingerprint density at radius 3 is 3.10 bits per heavy atom. The zero-order valence-electron chi connectivity index (χ0n) is 12.1. The first-order chi connectivity index (χ1) is 10.2. The molecule has 0 spiro atoms. The van der Waals surface area contributed by atoms with E-state index in [0.717, 1.165) is 30.9 Å². The van der Waals surface area contributed by atoms with Crippen molar-refractivity contribution < 1.29 is 4.79 Å². The van der Waals surface area contributed by atoms with Crippen LogP contribution in [0.1, 0.15) is 12.5 Å². The normalized spacial score (nSPS) is 21.4. The molecule has 1 aliphatic heterocycles. The fourth-order valence-electron chi connectivity index (χ4n) is 2.73. The lowest BCUT2D eigenvalue weighted by Gasteiger charge is -2.14. The average molecular weight is 284 g/mol. The number of imidazole rings is 1. The monoisotopic (exact) mass is 284 g/mol. The molecule has 0 bridgehead atoms. The van der Waals surface area contributed by atoms with Gasteiger partial charge in [-0.15, -0.1) is 0 Å². The summed E-state index contributed by atoms with van der Waals surface area (Å²) in [6, 6.07) is 7.97. The number of hydrogen-bond donors (Lipinski definition) is 2. The molecule has 5 nitrogen and oxygen atoms in total. The molecular weight excluding hydrogens is 264 g/mol. The van der Waals surface area contributed by atoms with E-state index in [4.69, 9.17) is 0 Å². The van der Waals surface area contributed by atoms with E-state index in [1.54, 1.807) is 12.5 Å². The van der Waals surface area contributed by atoms with E-state index in [-0.39, 0.29) is 11.8 Å². The number of anilines is 1. The maximum atomic E-state index is 12.3. The minimum atomic E-state index is 0.0577. The first-order valence-electron chi connectivity index (χ1n) is 7.28. The molecule has 1 aromatic carbocycles. The third-order valence-electron chi connectivity index (χ3n) is 3.97. The summed E-state index contributed by atoms with van der Waals surface area (Å²) in [5.41, 5.74) is 2.00. The van der Waals surface area contributed by atoms with Crippen LogP contribution in [0.25, 0.3) is 0 Å². The molecule has 1 aromatic heterocycles. The molecule has 2 N–H and O–H groups in total. The Labute approximate surface area is 124 Å². The topological polar surface area (TPSA) is 59.0 Å². The van der Waals surface area contributed by atoms with Gasteiger partial charge in [0.25, 0.3) is 0 Å². The second kappa shape index (κ2) is 6.10. The number of carbonyl (C=O) groups excluding carboxylic acids is 1. The molecule has 2 aromatic rings. The first kappa shape index (κ1) is 13.8. The molecule has 110 valence electrons. The SMILES string of the molecule is C[C@@H]1CNC[C@H]1C(=O)Nc1cccc(Cn2ccnc2)c1. The van der Waals surface area contributed by atoms with E-state index in [2.05, 4.69) is 28.6 Å². The van der Waals surface area contributed by atoms with Gasteiger partial charge in [0, 0.05) is 31.2 Å². The molecule has 0 unspecified atom stereocenters. The summed E-state index contributed by atoms with van der Waals surface area (Å²) >= 11 is 0. The number of carbonyl (C=O) groups is 1. The quantitative estimate of drug-likeness (QED) is 0.899. The van der Waals surface area contributed by atoms with Crippen molar-refractivity contribution in [2.75, 3.05) is 18.4 Å². The molecule has 0 radical (unpaired) electrons. The third-order valence-corrected chi connectivity index (χ3v) is 3.97. The molecule has 3 rings (SSSR count). The van der Waals surface area contributed by atoms with Crippen LogP contribution in [0, 0.1) is 11.8 Å². The molecule has 1 fully saturated rings. The summed E-state index contributed by atoms with van der Waals surface area (Å²) in [4.78, 5) is 16.3. The third kappa shape index (κ3) is 3.31. The van der Waals surface area contributed by atoms with Crippen molar-refractivity contribution in [2.24, 2.45) is 11.8 Å². The minimum Gasteiger partial charge on any atom is -0.333 e. The van der Waals surface area contributed by atoms with Crippen molar-refractivity contribution in [3.05, 3.63) is 48.5 Å². The van der Waals surface area contributed by atoms with Gasteiger partial charge in [-0.2, -0.15) is 0 Å². The number of nitrogens with one attached hydrogen (secondary N) is 2. The van der Waals surface area contributed by atoms with E-state index in [1.165, 1.54) is 0 Å². The maximum Gasteiger partial charge on any atom is 0.229 e. The van der Waals surface area contributed by atoms with Gasteiger partial charge in [-0.25, -0.2) is 4.98 Å². The Balaban J connectivity index is 1.67. The number of rotatable bonds is 4. The van der Waals surface area contributed by atoms with Crippen LogP contribution in [-0.2, 0) is 11.3 Å². The van der Waals surface area contributed by atoms with Crippen molar-refractivity contribution in [1.82, 2.24) is 14.9 Å². The predicted octanol–water partition coefficient (Wildman–Crippen LogP) is 1.73. The van der Waals surface area contributed by atoms with Gasteiger partial charge >= 0.3 is 0 Å². The van der Waals surface area contributed by atoms with Crippen LogP contribution in [0.15, 0.2) is 43.0 Å². The highest BCUT2D eigenvalue weighted by Crippen LogP contribution is 2.19. The van der Waals surface area contributed by atoms with Gasteiger partial charge in [-0.3, -0.25) is 4.79 Å². The zero-order valence-corrected chi connectivity index (χ0v) is 12.1. The average Bonchev–Trinajstić information content (AvgIpc) is 3.10. The van der Waals surface area contributed by atoms with Crippen molar-refractivity contribution in [3.8, 4) is 0 Å².